The lowest BCUT2D eigenvalue weighted by Crippen LogP contribution is -2.40. The minimum atomic E-state index is -0.698. The van der Waals surface area contributed by atoms with Crippen molar-refractivity contribution >= 4 is 46.6 Å². The highest BCUT2D eigenvalue weighted by atomic mass is 35.5. The maximum atomic E-state index is 13.6. The zero-order valence-corrected chi connectivity index (χ0v) is 21.3. The number of allylic oxidation sites excluding steroid dienone is 1. The van der Waals surface area contributed by atoms with Gasteiger partial charge in [-0.2, -0.15) is 0 Å². The van der Waals surface area contributed by atoms with Gasteiger partial charge in [0.05, 0.1) is 35.1 Å². The maximum Gasteiger partial charge on any atom is 0.338 e. The molecule has 0 N–H and O–H groups in total. The van der Waals surface area contributed by atoms with E-state index in [9.17, 15) is 9.59 Å². The number of carbonyl (C=O) groups excluding carboxylic acids is 1. The number of aromatic nitrogens is 1. The van der Waals surface area contributed by atoms with Crippen LogP contribution in [0.25, 0.3) is 6.08 Å². The van der Waals surface area contributed by atoms with E-state index in [4.69, 9.17) is 32.7 Å². The minimum absolute atomic E-state index is 0.280. The van der Waals surface area contributed by atoms with Gasteiger partial charge in [-0.05, 0) is 62.2 Å². The first-order chi connectivity index (χ1) is 16.2. The summed E-state index contributed by atoms with van der Waals surface area (Å²) < 4.78 is 12.8. The van der Waals surface area contributed by atoms with Crippen molar-refractivity contribution in [3.63, 3.8) is 0 Å². The first kappa shape index (κ1) is 24.3. The van der Waals surface area contributed by atoms with Crippen LogP contribution in [0, 0.1) is 0 Å². The van der Waals surface area contributed by atoms with E-state index in [2.05, 4.69) is 4.99 Å². The van der Waals surface area contributed by atoms with Gasteiger partial charge in [-0.15, -0.1) is 0 Å². The summed E-state index contributed by atoms with van der Waals surface area (Å²) >= 11 is 13.6. The minimum Gasteiger partial charge on any atom is -0.497 e. The highest BCUT2D eigenvalue weighted by Crippen LogP contribution is 2.32. The fourth-order valence-corrected chi connectivity index (χ4v) is 5.22. The van der Waals surface area contributed by atoms with Gasteiger partial charge in [0.15, 0.2) is 4.80 Å². The van der Waals surface area contributed by atoms with E-state index in [1.807, 2.05) is 12.1 Å². The Morgan fingerprint density at radius 1 is 1.18 bits per heavy atom. The molecule has 0 amide bonds. The van der Waals surface area contributed by atoms with E-state index in [0.29, 0.717) is 42.0 Å². The SMILES string of the molecule is COc1ccc(C2C(C(=O)OC(C)C)=C(C)N=c3sc(=Cc4ccc(Cl)cc4Cl)c(=O)n32)cc1. The van der Waals surface area contributed by atoms with Gasteiger partial charge < -0.3 is 9.47 Å². The van der Waals surface area contributed by atoms with Crippen molar-refractivity contribution in [1.82, 2.24) is 4.57 Å². The number of ether oxygens (including phenoxy) is 2. The molecule has 0 bridgehead atoms. The van der Waals surface area contributed by atoms with Crippen LogP contribution < -0.4 is 19.6 Å². The Morgan fingerprint density at radius 3 is 2.50 bits per heavy atom. The standard InChI is InChI=1S/C25H22Cl2N2O4S/c1-13(2)33-24(31)21-14(3)28-25-29(22(21)15-6-9-18(32-4)10-7-15)23(30)20(34-25)11-16-5-8-17(26)12-19(16)27/h5-13,22H,1-4H3. The molecule has 0 aliphatic carbocycles. The van der Waals surface area contributed by atoms with Gasteiger partial charge in [0, 0.05) is 10.0 Å². The average Bonchev–Trinajstić information content (AvgIpc) is 3.08. The second-order valence-corrected chi connectivity index (χ2v) is 9.83. The highest BCUT2D eigenvalue weighted by molar-refractivity contribution is 7.07. The number of hydrogen-bond acceptors (Lipinski definition) is 6. The number of hydrogen-bond donors (Lipinski definition) is 0. The van der Waals surface area contributed by atoms with E-state index in [0.717, 1.165) is 5.56 Å². The molecule has 2 aromatic carbocycles. The van der Waals surface area contributed by atoms with Gasteiger partial charge in [-0.3, -0.25) is 9.36 Å². The molecule has 9 heteroatoms. The molecule has 1 unspecified atom stereocenters. The zero-order valence-electron chi connectivity index (χ0n) is 19.0. The van der Waals surface area contributed by atoms with Crippen molar-refractivity contribution in [2.24, 2.45) is 4.99 Å². The van der Waals surface area contributed by atoms with Crippen LogP contribution in [-0.2, 0) is 9.53 Å². The fourth-order valence-electron chi connectivity index (χ4n) is 3.72. The summed E-state index contributed by atoms with van der Waals surface area (Å²) in [6, 6.07) is 11.6. The number of rotatable bonds is 5. The molecule has 0 spiro atoms. The summed E-state index contributed by atoms with van der Waals surface area (Å²) in [5, 5.41) is 0.939. The van der Waals surface area contributed by atoms with Crippen molar-refractivity contribution < 1.29 is 14.3 Å². The Bertz CT molecular complexity index is 1470. The number of fused-ring (bicyclic) bond motifs is 1. The molecular formula is C25H22Cl2N2O4S. The molecule has 6 nitrogen and oxygen atoms in total. The number of methoxy groups -OCH3 is 1. The highest BCUT2D eigenvalue weighted by Gasteiger charge is 2.33. The van der Waals surface area contributed by atoms with E-state index in [-0.39, 0.29) is 11.7 Å². The van der Waals surface area contributed by atoms with E-state index in [1.165, 1.54) is 15.9 Å². The normalized spacial score (nSPS) is 15.9. The van der Waals surface area contributed by atoms with Gasteiger partial charge in [0.25, 0.3) is 5.56 Å². The Kier molecular flexibility index (Phi) is 6.98. The van der Waals surface area contributed by atoms with Crippen molar-refractivity contribution in [3.8, 4) is 5.75 Å². The lowest BCUT2D eigenvalue weighted by molar-refractivity contribution is -0.143. The third kappa shape index (κ3) is 4.69. The van der Waals surface area contributed by atoms with Crippen molar-refractivity contribution in [2.45, 2.75) is 32.9 Å². The Balaban J connectivity index is 1.94. The molecule has 4 rings (SSSR count). The molecule has 2 heterocycles. The molecule has 34 heavy (non-hydrogen) atoms. The third-order valence-electron chi connectivity index (χ3n) is 5.26. The van der Waals surface area contributed by atoms with Gasteiger partial charge in [0.2, 0.25) is 0 Å². The molecule has 0 saturated carbocycles. The van der Waals surface area contributed by atoms with Gasteiger partial charge in [0.1, 0.15) is 5.75 Å². The predicted molar refractivity (Wildman–Crippen MR) is 134 cm³/mol. The van der Waals surface area contributed by atoms with Crippen LogP contribution in [0.5, 0.6) is 5.75 Å². The van der Waals surface area contributed by atoms with Crippen molar-refractivity contribution in [3.05, 3.63) is 94.6 Å². The third-order valence-corrected chi connectivity index (χ3v) is 6.81. The van der Waals surface area contributed by atoms with E-state index in [1.54, 1.807) is 64.3 Å². The number of nitrogens with zero attached hydrogens (tertiary/aromatic N) is 2. The van der Waals surface area contributed by atoms with Crippen LogP contribution in [0.2, 0.25) is 10.0 Å². The molecule has 1 atom stereocenters. The molecule has 3 aromatic rings. The first-order valence-electron chi connectivity index (χ1n) is 10.5. The second kappa shape index (κ2) is 9.78. The monoisotopic (exact) mass is 516 g/mol. The molecule has 0 saturated heterocycles. The molecule has 1 aromatic heterocycles. The summed E-state index contributed by atoms with van der Waals surface area (Å²) in [4.78, 5) is 31.8. The number of benzene rings is 2. The summed E-state index contributed by atoms with van der Waals surface area (Å²) in [5.41, 5.74) is 1.94. The molecular weight excluding hydrogens is 495 g/mol. The Hall–Kier alpha value is -2.87. The van der Waals surface area contributed by atoms with Crippen molar-refractivity contribution in [2.75, 3.05) is 7.11 Å². The van der Waals surface area contributed by atoms with Gasteiger partial charge in [-0.1, -0.05) is 52.7 Å². The van der Waals surface area contributed by atoms with Crippen LogP contribution in [0.3, 0.4) is 0 Å². The van der Waals surface area contributed by atoms with Crippen LogP contribution in [0.4, 0.5) is 0 Å². The molecule has 1 aliphatic rings. The molecule has 0 fully saturated rings. The second-order valence-electron chi connectivity index (χ2n) is 7.97. The predicted octanol–water partition coefficient (Wildman–Crippen LogP) is 4.50. The average molecular weight is 517 g/mol. The van der Waals surface area contributed by atoms with Crippen LogP contribution >= 0.6 is 34.5 Å². The Morgan fingerprint density at radius 2 is 1.88 bits per heavy atom. The van der Waals surface area contributed by atoms with Gasteiger partial charge in [-0.25, -0.2) is 9.79 Å². The van der Waals surface area contributed by atoms with Crippen LogP contribution in [0.1, 0.15) is 37.9 Å². The smallest absolute Gasteiger partial charge is 0.338 e. The number of halogens is 2. The zero-order chi connectivity index (χ0) is 24.6. The first-order valence-corrected chi connectivity index (χ1v) is 12.1. The van der Waals surface area contributed by atoms with Crippen molar-refractivity contribution in [1.29, 1.82) is 0 Å². The molecule has 0 radical (unpaired) electrons. The van der Waals surface area contributed by atoms with E-state index >= 15 is 0 Å². The lowest BCUT2D eigenvalue weighted by atomic mass is 9.96. The number of esters is 1. The summed E-state index contributed by atoms with van der Waals surface area (Å²) in [5.74, 6) is 0.160. The number of carbonyl (C=O) groups is 1. The quantitative estimate of drug-likeness (QED) is 0.468. The lowest BCUT2D eigenvalue weighted by Gasteiger charge is -2.25. The van der Waals surface area contributed by atoms with E-state index < -0.39 is 12.0 Å². The largest absolute Gasteiger partial charge is 0.497 e. The molecule has 1 aliphatic heterocycles. The fraction of sp³-hybridized carbons (Fsp3) is 0.240. The number of thiazole rings is 1. The summed E-state index contributed by atoms with van der Waals surface area (Å²) in [7, 11) is 1.58. The summed E-state index contributed by atoms with van der Waals surface area (Å²) in [6.45, 7) is 5.31. The van der Waals surface area contributed by atoms with Crippen LogP contribution in [0.15, 0.2) is 63.5 Å². The molecule has 176 valence electrons. The van der Waals surface area contributed by atoms with Gasteiger partial charge >= 0.3 is 5.97 Å². The summed E-state index contributed by atoms with van der Waals surface area (Å²) in [6.07, 6.45) is 1.39. The van der Waals surface area contributed by atoms with Crippen LogP contribution in [-0.4, -0.2) is 23.8 Å². The maximum absolute atomic E-state index is 13.6. The topological polar surface area (TPSA) is 69.9 Å². The Labute approximate surface area is 210 Å².